The smallest absolute Gasteiger partial charge is 0.295 e. The van der Waals surface area contributed by atoms with Crippen LogP contribution in [0, 0.1) is 0 Å². The Morgan fingerprint density at radius 2 is 1.84 bits per heavy atom. The van der Waals surface area contributed by atoms with E-state index < -0.39 is 0 Å². The number of aromatic nitrogens is 2. The van der Waals surface area contributed by atoms with Crippen LogP contribution in [0.4, 0.5) is 0 Å². The van der Waals surface area contributed by atoms with Gasteiger partial charge in [0.25, 0.3) is 0 Å². The number of hydrogen-bond acceptors (Lipinski definition) is 1. The maximum Gasteiger partial charge on any atom is 0.328 e. The van der Waals surface area contributed by atoms with Gasteiger partial charge in [0.05, 0.1) is 11.0 Å². The molecule has 19 heavy (non-hydrogen) atoms. The number of rotatable bonds is 5. The quantitative estimate of drug-likeness (QED) is 0.605. The SMILES string of the molecule is CCCCCC(Br)c1ccc2c(c1)n(C)c(=O)n2C. The number of aryl methyl sites for hydroxylation is 2. The van der Waals surface area contributed by atoms with Gasteiger partial charge in [-0.15, -0.1) is 0 Å². The lowest BCUT2D eigenvalue weighted by Gasteiger charge is -2.10. The second-order valence-electron chi connectivity index (χ2n) is 5.11. The van der Waals surface area contributed by atoms with Crippen LogP contribution in [0.5, 0.6) is 0 Å². The van der Waals surface area contributed by atoms with Gasteiger partial charge >= 0.3 is 5.69 Å². The third kappa shape index (κ3) is 2.78. The summed E-state index contributed by atoms with van der Waals surface area (Å²) in [5.41, 5.74) is 3.28. The van der Waals surface area contributed by atoms with E-state index in [0.717, 1.165) is 17.5 Å². The predicted molar refractivity (Wildman–Crippen MR) is 84.0 cm³/mol. The predicted octanol–water partition coefficient (Wildman–Crippen LogP) is 3.89. The molecule has 0 aliphatic rings. The van der Waals surface area contributed by atoms with Crippen molar-refractivity contribution in [3.05, 3.63) is 34.2 Å². The largest absolute Gasteiger partial charge is 0.328 e. The highest BCUT2D eigenvalue weighted by atomic mass is 79.9. The normalized spacial score (nSPS) is 13.1. The van der Waals surface area contributed by atoms with E-state index in [-0.39, 0.29) is 5.69 Å². The van der Waals surface area contributed by atoms with E-state index in [9.17, 15) is 4.79 Å². The molecule has 1 unspecified atom stereocenters. The van der Waals surface area contributed by atoms with Crippen LogP contribution in [0.25, 0.3) is 11.0 Å². The summed E-state index contributed by atoms with van der Waals surface area (Å²) in [6.45, 7) is 2.22. The van der Waals surface area contributed by atoms with Crippen LogP contribution in [-0.4, -0.2) is 9.13 Å². The molecule has 0 amide bonds. The van der Waals surface area contributed by atoms with Crippen LogP contribution >= 0.6 is 15.9 Å². The summed E-state index contributed by atoms with van der Waals surface area (Å²) >= 11 is 3.76. The summed E-state index contributed by atoms with van der Waals surface area (Å²) in [6.07, 6.45) is 4.89. The highest BCUT2D eigenvalue weighted by Gasteiger charge is 2.12. The highest BCUT2D eigenvalue weighted by Crippen LogP contribution is 2.30. The maximum absolute atomic E-state index is 11.9. The van der Waals surface area contributed by atoms with E-state index in [1.807, 2.05) is 20.2 Å². The molecule has 0 saturated heterocycles. The fraction of sp³-hybridized carbons (Fsp3) is 0.533. The van der Waals surface area contributed by atoms with Crippen LogP contribution in [-0.2, 0) is 14.1 Å². The molecule has 4 heteroatoms. The summed E-state index contributed by atoms with van der Waals surface area (Å²) in [5.74, 6) is 0. The molecule has 0 bridgehead atoms. The van der Waals surface area contributed by atoms with Crippen molar-refractivity contribution in [3.63, 3.8) is 0 Å². The Morgan fingerprint density at radius 3 is 2.53 bits per heavy atom. The Morgan fingerprint density at radius 1 is 1.16 bits per heavy atom. The van der Waals surface area contributed by atoms with E-state index in [0.29, 0.717) is 4.83 Å². The molecule has 0 radical (unpaired) electrons. The first-order valence-corrected chi connectivity index (χ1v) is 7.77. The lowest BCUT2D eigenvalue weighted by Crippen LogP contribution is -2.19. The number of fused-ring (bicyclic) bond motifs is 1. The number of unbranched alkanes of at least 4 members (excludes halogenated alkanes) is 2. The summed E-state index contributed by atoms with van der Waals surface area (Å²) in [4.78, 5) is 12.3. The van der Waals surface area contributed by atoms with Gasteiger partial charge in [-0.2, -0.15) is 0 Å². The zero-order valence-electron chi connectivity index (χ0n) is 11.8. The summed E-state index contributed by atoms with van der Waals surface area (Å²) in [7, 11) is 3.64. The van der Waals surface area contributed by atoms with Gasteiger partial charge in [0.1, 0.15) is 0 Å². The molecule has 0 N–H and O–H groups in total. The molecule has 0 aliphatic heterocycles. The Hall–Kier alpha value is -1.03. The average molecular weight is 325 g/mol. The second kappa shape index (κ2) is 5.95. The van der Waals surface area contributed by atoms with Crippen LogP contribution in [0.2, 0.25) is 0 Å². The molecular formula is C15H21BrN2O. The molecule has 1 aromatic carbocycles. The Labute approximate surface area is 122 Å². The topological polar surface area (TPSA) is 26.9 Å². The first-order chi connectivity index (χ1) is 9.06. The molecule has 3 nitrogen and oxygen atoms in total. The fourth-order valence-electron chi connectivity index (χ4n) is 2.46. The first kappa shape index (κ1) is 14.4. The minimum atomic E-state index is 0.0317. The summed E-state index contributed by atoms with van der Waals surface area (Å²) in [5, 5.41) is 0. The van der Waals surface area contributed by atoms with Gasteiger partial charge in [-0.05, 0) is 24.1 Å². The number of benzene rings is 1. The molecular weight excluding hydrogens is 304 g/mol. The molecule has 104 valence electrons. The van der Waals surface area contributed by atoms with Crippen LogP contribution < -0.4 is 5.69 Å². The van der Waals surface area contributed by atoms with E-state index >= 15 is 0 Å². The minimum Gasteiger partial charge on any atom is -0.295 e. The number of hydrogen-bond donors (Lipinski definition) is 0. The zero-order chi connectivity index (χ0) is 14.0. The van der Waals surface area contributed by atoms with Gasteiger partial charge in [-0.25, -0.2) is 4.79 Å². The van der Waals surface area contributed by atoms with Gasteiger partial charge in [0, 0.05) is 18.9 Å². The average Bonchev–Trinajstić information content (AvgIpc) is 2.64. The minimum absolute atomic E-state index is 0.0317. The van der Waals surface area contributed by atoms with Gasteiger partial charge in [0.15, 0.2) is 0 Å². The van der Waals surface area contributed by atoms with Gasteiger partial charge in [0.2, 0.25) is 0 Å². The van der Waals surface area contributed by atoms with Gasteiger partial charge < -0.3 is 0 Å². The maximum atomic E-state index is 11.9. The van der Waals surface area contributed by atoms with E-state index in [4.69, 9.17) is 0 Å². The third-order valence-corrected chi connectivity index (χ3v) is 4.71. The highest BCUT2D eigenvalue weighted by molar-refractivity contribution is 9.09. The molecule has 0 spiro atoms. The molecule has 0 aliphatic carbocycles. The Bertz CT molecular complexity index is 627. The van der Waals surface area contributed by atoms with Crippen molar-refractivity contribution in [2.75, 3.05) is 0 Å². The first-order valence-electron chi connectivity index (χ1n) is 6.85. The Balaban J connectivity index is 2.31. The van der Waals surface area contributed by atoms with Crippen molar-refractivity contribution < 1.29 is 0 Å². The molecule has 0 fully saturated rings. The van der Waals surface area contributed by atoms with E-state index in [1.54, 1.807) is 9.13 Å². The summed E-state index contributed by atoms with van der Waals surface area (Å²) < 4.78 is 3.41. The Kier molecular flexibility index (Phi) is 4.50. The number of nitrogens with zero attached hydrogens (tertiary/aromatic N) is 2. The lowest BCUT2D eigenvalue weighted by atomic mass is 10.1. The standard InChI is InChI=1S/C15H21BrN2O/c1-4-5-6-7-12(16)11-8-9-13-14(10-11)18(3)15(19)17(13)2/h8-10,12H,4-7H2,1-3H3. The van der Waals surface area contributed by atoms with Crippen molar-refractivity contribution in [3.8, 4) is 0 Å². The fourth-order valence-corrected chi connectivity index (χ4v) is 3.07. The monoisotopic (exact) mass is 324 g/mol. The molecule has 0 saturated carbocycles. The van der Waals surface area contributed by atoms with Crippen LogP contribution in [0.15, 0.2) is 23.0 Å². The molecule has 2 rings (SSSR count). The van der Waals surface area contributed by atoms with Crippen molar-refractivity contribution in [2.24, 2.45) is 14.1 Å². The number of halogens is 1. The third-order valence-electron chi connectivity index (χ3n) is 3.72. The second-order valence-corrected chi connectivity index (χ2v) is 6.22. The number of alkyl halides is 1. The van der Waals surface area contributed by atoms with Gasteiger partial charge in [-0.3, -0.25) is 9.13 Å². The lowest BCUT2D eigenvalue weighted by molar-refractivity contribution is 0.664. The van der Waals surface area contributed by atoms with Gasteiger partial charge in [-0.1, -0.05) is 48.2 Å². The molecule has 2 aromatic rings. The zero-order valence-corrected chi connectivity index (χ0v) is 13.4. The van der Waals surface area contributed by atoms with Crippen LogP contribution in [0.3, 0.4) is 0 Å². The van der Waals surface area contributed by atoms with Crippen molar-refractivity contribution in [2.45, 2.75) is 37.4 Å². The van der Waals surface area contributed by atoms with Crippen molar-refractivity contribution >= 4 is 27.0 Å². The van der Waals surface area contributed by atoms with E-state index in [1.165, 1.54) is 24.8 Å². The van der Waals surface area contributed by atoms with E-state index in [2.05, 4.69) is 35.0 Å². The number of imidazole rings is 1. The molecule has 1 atom stereocenters. The van der Waals surface area contributed by atoms with Crippen molar-refractivity contribution in [1.82, 2.24) is 9.13 Å². The summed E-state index contributed by atoms with van der Waals surface area (Å²) in [6, 6.07) is 6.29. The van der Waals surface area contributed by atoms with Crippen LogP contribution in [0.1, 0.15) is 43.0 Å². The molecule has 1 aromatic heterocycles. The van der Waals surface area contributed by atoms with Crippen molar-refractivity contribution in [1.29, 1.82) is 0 Å². The molecule has 1 heterocycles.